The van der Waals surface area contributed by atoms with Crippen molar-refractivity contribution >= 4 is 28.8 Å². The van der Waals surface area contributed by atoms with Gasteiger partial charge < -0.3 is 15.2 Å². The van der Waals surface area contributed by atoms with E-state index in [1.54, 1.807) is 30.3 Å². The lowest BCUT2D eigenvalue weighted by Gasteiger charge is -2.22. The van der Waals surface area contributed by atoms with Crippen molar-refractivity contribution in [2.24, 2.45) is 5.73 Å². The number of ether oxygens (including phenoxy) is 2. The summed E-state index contributed by atoms with van der Waals surface area (Å²) >= 11 is 1.17. The van der Waals surface area contributed by atoms with E-state index >= 15 is 0 Å². The molecule has 0 aliphatic carbocycles. The molecule has 0 saturated carbocycles. The summed E-state index contributed by atoms with van der Waals surface area (Å²) in [6.45, 7) is 0. The van der Waals surface area contributed by atoms with Gasteiger partial charge in [-0.15, -0.1) is 11.3 Å². The Labute approximate surface area is 245 Å². The fourth-order valence-electron chi connectivity index (χ4n) is 4.75. The van der Waals surface area contributed by atoms with Crippen molar-refractivity contribution in [3.05, 3.63) is 145 Å². The van der Waals surface area contributed by atoms with Crippen LogP contribution in [-0.4, -0.2) is 4.57 Å². The quantitative estimate of drug-likeness (QED) is 0.293. The minimum absolute atomic E-state index is 0.0219. The van der Waals surface area contributed by atoms with Gasteiger partial charge in [0.05, 0.1) is 33.7 Å². The third-order valence-corrected chi connectivity index (χ3v) is 7.85. The highest BCUT2D eigenvalue weighted by Crippen LogP contribution is 2.36. The summed E-state index contributed by atoms with van der Waals surface area (Å²) in [5.74, 6) is 1.99. The zero-order valence-electron chi connectivity index (χ0n) is 22.1. The van der Waals surface area contributed by atoms with Crippen LogP contribution in [-0.2, 0) is 0 Å². The number of hydrogen-bond acceptors (Lipinski definition) is 7. The Kier molecular flexibility index (Phi) is 7.13. The molecule has 202 valence electrons. The standard InChI is InChI=1S/C34H22N4O3S/c35-20-28-31(23-13-17-27(18-14-23)41-25-9-5-2-6-10-25)29(21-36)34-38(32(28)37)33(39)30(42-34)19-22-11-15-26(16-12-22)40-24-7-3-1-4-8-24/h1-19,31H,37H2/b30-19-. The molecule has 2 N–H and O–H groups in total. The van der Waals surface area contributed by atoms with Gasteiger partial charge in [-0.2, -0.15) is 10.5 Å². The van der Waals surface area contributed by atoms with Crippen LogP contribution in [0, 0.1) is 22.7 Å². The number of nitrogens with zero attached hydrogens (tertiary/aromatic N) is 3. The third kappa shape index (κ3) is 5.06. The Morgan fingerprint density at radius 3 is 1.74 bits per heavy atom. The van der Waals surface area contributed by atoms with Crippen LogP contribution >= 0.6 is 11.3 Å². The van der Waals surface area contributed by atoms with E-state index in [2.05, 4.69) is 12.1 Å². The van der Waals surface area contributed by atoms with Gasteiger partial charge in [-0.3, -0.25) is 9.36 Å². The largest absolute Gasteiger partial charge is 0.457 e. The summed E-state index contributed by atoms with van der Waals surface area (Å²) in [6.07, 6.45) is 1.74. The molecule has 0 saturated heterocycles. The molecule has 0 fully saturated rings. The summed E-state index contributed by atoms with van der Waals surface area (Å²) in [5.41, 5.74) is 7.94. The van der Waals surface area contributed by atoms with Gasteiger partial charge in [0.15, 0.2) is 0 Å². The molecule has 5 aromatic rings. The van der Waals surface area contributed by atoms with E-state index in [9.17, 15) is 15.3 Å². The van der Waals surface area contributed by atoms with Crippen LogP contribution in [0.1, 0.15) is 17.0 Å². The molecule has 1 atom stereocenters. The zero-order valence-corrected chi connectivity index (χ0v) is 22.9. The first-order chi connectivity index (χ1) is 20.6. The Bertz CT molecular complexity index is 2070. The van der Waals surface area contributed by atoms with Crippen molar-refractivity contribution < 1.29 is 9.47 Å². The second-order valence-corrected chi connectivity index (χ2v) is 10.4. The molecule has 6 rings (SSSR count). The number of para-hydroxylation sites is 2. The van der Waals surface area contributed by atoms with Gasteiger partial charge in [-0.05, 0) is 65.7 Å². The monoisotopic (exact) mass is 566 g/mol. The van der Waals surface area contributed by atoms with Gasteiger partial charge in [0.1, 0.15) is 33.5 Å². The predicted molar refractivity (Wildman–Crippen MR) is 162 cm³/mol. The molecule has 1 aliphatic heterocycles. The highest BCUT2D eigenvalue weighted by Gasteiger charge is 2.32. The first kappa shape index (κ1) is 26.4. The van der Waals surface area contributed by atoms with Crippen molar-refractivity contribution in [2.75, 3.05) is 0 Å². The molecule has 7 nitrogen and oxygen atoms in total. The molecule has 42 heavy (non-hydrogen) atoms. The molecular weight excluding hydrogens is 544 g/mol. The number of aromatic nitrogens is 1. The maximum Gasteiger partial charge on any atom is 0.274 e. The molecule has 0 radical (unpaired) electrons. The van der Waals surface area contributed by atoms with Gasteiger partial charge in [0.2, 0.25) is 0 Å². The smallest absolute Gasteiger partial charge is 0.274 e. The molecule has 4 aromatic carbocycles. The molecular formula is C34H22N4O3S. The highest BCUT2D eigenvalue weighted by atomic mass is 32.1. The topological polar surface area (TPSA) is 114 Å². The van der Waals surface area contributed by atoms with Crippen LogP contribution in [0.4, 0.5) is 0 Å². The lowest BCUT2D eigenvalue weighted by Crippen LogP contribution is -2.38. The number of thiazole rings is 1. The lowest BCUT2D eigenvalue weighted by molar-refractivity contribution is 0.482. The average Bonchev–Trinajstić information content (AvgIpc) is 3.35. The van der Waals surface area contributed by atoms with Crippen molar-refractivity contribution in [1.29, 1.82) is 10.5 Å². The van der Waals surface area contributed by atoms with Gasteiger partial charge in [-0.25, -0.2) is 0 Å². The molecule has 8 heteroatoms. The van der Waals surface area contributed by atoms with Crippen LogP contribution in [0.3, 0.4) is 0 Å². The molecule has 0 amide bonds. The lowest BCUT2D eigenvalue weighted by atomic mass is 9.84. The van der Waals surface area contributed by atoms with E-state index in [-0.39, 0.29) is 22.5 Å². The predicted octanol–water partition coefficient (Wildman–Crippen LogP) is 5.45. The van der Waals surface area contributed by atoms with E-state index in [0.29, 0.717) is 32.0 Å². The maximum atomic E-state index is 13.5. The second-order valence-electron chi connectivity index (χ2n) is 9.39. The Morgan fingerprint density at radius 2 is 1.21 bits per heavy atom. The van der Waals surface area contributed by atoms with Crippen molar-refractivity contribution in [2.45, 2.75) is 5.92 Å². The number of hydrogen-bond donors (Lipinski definition) is 1. The van der Waals surface area contributed by atoms with E-state index in [1.807, 2.05) is 84.9 Å². The van der Waals surface area contributed by atoms with E-state index in [4.69, 9.17) is 15.2 Å². The minimum Gasteiger partial charge on any atom is -0.457 e. The fourth-order valence-corrected chi connectivity index (χ4v) is 5.87. The summed E-state index contributed by atoms with van der Waals surface area (Å²) in [7, 11) is 0. The normalized spacial score (nSPS) is 14.6. The van der Waals surface area contributed by atoms with Crippen LogP contribution in [0.25, 0.3) is 17.5 Å². The fraction of sp³-hybridized carbons (Fsp3) is 0.0294. The first-order valence-corrected chi connectivity index (χ1v) is 13.8. The van der Waals surface area contributed by atoms with Gasteiger partial charge in [0.25, 0.3) is 5.56 Å². The number of nitriles is 2. The molecule has 0 bridgehead atoms. The average molecular weight is 567 g/mol. The van der Waals surface area contributed by atoms with Crippen LogP contribution in [0.5, 0.6) is 23.0 Å². The molecule has 0 spiro atoms. The third-order valence-electron chi connectivity index (χ3n) is 6.74. The van der Waals surface area contributed by atoms with Gasteiger partial charge in [-0.1, -0.05) is 60.7 Å². The summed E-state index contributed by atoms with van der Waals surface area (Å²) in [6, 6.07) is 37.7. The molecule has 2 heterocycles. The van der Waals surface area contributed by atoms with Crippen molar-refractivity contribution in [1.82, 2.24) is 4.57 Å². The molecule has 1 unspecified atom stereocenters. The zero-order chi connectivity index (χ0) is 29.1. The van der Waals surface area contributed by atoms with Crippen LogP contribution in [0.15, 0.2) is 120 Å². The van der Waals surface area contributed by atoms with Crippen LogP contribution in [0.2, 0.25) is 0 Å². The number of fused-ring (bicyclic) bond motifs is 1. The second kappa shape index (κ2) is 11.3. The Morgan fingerprint density at radius 1 is 0.714 bits per heavy atom. The van der Waals surface area contributed by atoms with Crippen molar-refractivity contribution in [3.8, 4) is 35.1 Å². The molecule has 1 aliphatic rings. The Balaban J connectivity index is 1.37. The van der Waals surface area contributed by atoms with Crippen molar-refractivity contribution in [3.63, 3.8) is 0 Å². The molecule has 1 aromatic heterocycles. The number of benzene rings is 4. The first-order valence-electron chi connectivity index (χ1n) is 13.0. The van der Waals surface area contributed by atoms with E-state index in [1.165, 1.54) is 15.9 Å². The number of nitrogens with two attached hydrogens (primary N) is 1. The SMILES string of the molecule is N#CC1=C(N)n2c(s/c(=C\c3ccc(Oc4ccccc4)cc3)c2=O)=C(C#N)C1c1ccc(Oc2ccccc2)cc1. The number of rotatable bonds is 6. The highest BCUT2D eigenvalue weighted by molar-refractivity contribution is 7.07. The van der Waals surface area contributed by atoms with Gasteiger partial charge in [0, 0.05) is 0 Å². The van der Waals surface area contributed by atoms with Crippen LogP contribution < -0.4 is 30.0 Å². The summed E-state index contributed by atoms with van der Waals surface area (Å²) in [5, 5.41) is 20.3. The van der Waals surface area contributed by atoms with E-state index < -0.39 is 5.92 Å². The Hall–Kier alpha value is -5.83. The maximum absolute atomic E-state index is 13.5. The summed E-state index contributed by atoms with van der Waals surface area (Å²) in [4.78, 5) is 13.5. The van der Waals surface area contributed by atoms with E-state index in [0.717, 1.165) is 11.3 Å². The number of allylic oxidation sites excluding steroid dienone is 1. The minimum atomic E-state index is -0.717. The summed E-state index contributed by atoms with van der Waals surface area (Å²) < 4.78 is 13.8. The van der Waals surface area contributed by atoms with Gasteiger partial charge >= 0.3 is 0 Å².